The third kappa shape index (κ3) is 2.43. The van der Waals surface area contributed by atoms with E-state index < -0.39 is 0 Å². The summed E-state index contributed by atoms with van der Waals surface area (Å²) >= 11 is 1.27. The first kappa shape index (κ1) is 12.5. The molecule has 20 heavy (non-hydrogen) atoms. The molecule has 0 radical (unpaired) electrons. The normalized spacial score (nSPS) is 10.4. The van der Waals surface area contributed by atoms with Crippen LogP contribution in [0.2, 0.25) is 0 Å². The van der Waals surface area contributed by atoms with Crippen LogP contribution in [0.4, 0.5) is 5.13 Å². The monoisotopic (exact) mass is 285 g/mol. The summed E-state index contributed by atoms with van der Waals surface area (Å²) in [6.45, 7) is 0. The Morgan fingerprint density at radius 3 is 2.80 bits per heavy atom. The molecule has 2 heterocycles. The molecule has 3 rings (SSSR count). The Morgan fingerprint density at radius 2 is 2.10 bits per heavy atom. The molecule has 1 N–H and O–H groups in total. The van der Waals surface area contributed by atoms with E-state index in [4.69, 9.17) is 0 Å². The van der Waals surface area contributed by atoms with E-state index in [0.717, 1.165) is 11.3 Å². The molecule has 6 nitrogen and oxygen atoms in total. The number of aryl methyl sites for hydroxylation is 1. The number of aromatic nitrogens is 4. The van der Waals surface area contributed by atoms with Gasteiger partial charge in [0, 0.05) is 12.6 Å². The van der Waals surface area contributed by atoms with E-state index in [1.54, 1.807) is 23.3 Å². The Morgan fingerprint density at radius 1 is 1.30 bits per heavy atom. The molecule has 1 amide bonds. The molecule has 0 aliphatic rings. The summed E-state index contributed by atoms with van der Waals surface area (Å²) in [5, 5.41) is 15.0. The molecule has 0 unspecified atom stereocenters. The smallest absolute Gasteiger partial charge is 0.275 e. The standard InChI is InChI=1S/C13H11N5OS/c1-18-11(12(19)15-13-16-14-8-20-13)7-10(17-18)9-5-3-2-4-6-9/h2-8H,1H3,(H,15,16,19). The predicted octanol–water partition coefficient (Wildman–Crippen LogP) is 2.19. The molecule has 0 bridgehead atoms. The Balaban J connectivity index is 1.88. The number of hydrogen-bond acceptors (Lipinski definition) is 5. The molecule has 0 fully saturated rings. The lowest BCUT2D eigenvalue weighted by Gasteiger charge is -2.00. The topological polar surface area (TPSA) is 72.7 Å². The second kappa shape index (κ2) is 5.22. The van der Waals surface area contributed by atoms with Crippen molar-refractivity contribution in [2.45, 2.75) is 0 Å². The van der Waals surface area contributed by atoms with Crippen molar-refractivity contribution in [3.63, 3.8) is 0 Å². The zero-order chi connectivity index (χ0) is 13.9. The van der Waals surface area contributed by atoms with Crippen LogP contribution in [0.5, 0.6) is 0 Å². The number of benzene rings is 1. The van der Waals surface area contributed by atoms with Gasteiger partial charge >= 0.3 is 0 Å². The van der Waals surface area contributed by atoms with E-state index in [0.29, 0.717) is 10.8 Å². The van der Waals surface area contributed by atoms with Crippen molar-refractivity contribution in [1.82, 2.24) is 20.0 Å². The number of carbonyl (C=O) groups excluding carboxylic acids is 1. The average molecular weight is 285 g/mol. The van der Waals surface area contributed by atoms with Gasteiger partial charge in [-0.1, -0.05) is 41.7 Å². The molecular weight excluding hydrogens is 274 g/mol. The minimum Gasteiger partial charge on any atom is -0.295 e. The van der Waals surface area contributed by atoms with Gasteiger partial charge in [-0.15, -0.1) is 10.2 Å². The molecule has 0 saturated carbocycles. The summed E-state index contributed by atoms with van der Waals surface area (Å²) in [7, 11) is 1.74. The number of anilines is 1. The Bertz CT molecular complexity index is 721. The highest BCUT2D eigenvalue weighted by atomic mass is 32.1. The highest BCUT2D eigenvalue weighted by Crippen LogP contribution is 2.19. The molecular formula is C13H11N5OS. The van der Waals surface area contributed by atoms with Crippen LogP contribution in [-0.4, -0.2) is 25.9 Å². The molecule has 7 heteroatoms. The second-order valence-electron chi connectivity index (χ2n) is 4.10. The maximum atomic E-state index is 12.1. The minimum absolute atomic E-state index is 0.251. The van der Waals surface area contributed by atoms with Crippen LogP contribution < -0.4 is 5.32 Å². The zero-order valence-corrected chi connectivity index (χ0v) is 11.5. The molecule has 3 aromatic rings. The first-order valence-corrected chi connectivity index (χ1v) is 6.79. The number of rotatable bonds is 3. The van der Waals surface area contributed by atoms with Gasteiger partial charge < -0.3 is 0 Å². The van der Waals surface area contributed by atoms with Gasteiger partial charge in [0.05, 0.1) is 5.69 Å². The van der Waals surface area contributed by atoms with Crippen molar-refractivity contribution in [3.8, 4) is 11.3 Å². The summed E-state index contributed by atoms with van der Waals surface area (Å²) < 4.78 is 1.55. The number of carbonyl (C=O) groups is 1. The number of amides is 1. The Hall–Kier alpha value is -2.54. The van der Waals surface area contributed by atoms with Crippen molar-refractivity contribution in [2.75, 3.05) is 5.32 Å². The lowest BCUT2D eigenvalue weighted by atomic mass is 10.1. The van der Waals surface area contributed by atoms with Crippen LogP contribution in [0, 0.1) is 0 Å². The zero-order valence-electron chi connectivity index (χ0n) is 10.6. The fraction of sp³-hybridized carbons (Fsp3) is 0.0769. The fourth-order valence-corrected chi connectivity index (χ4v) is 2.26. The molecule has 100 valence electrons. The van der Waals surface area contributed by atoms with Crippen LogP contribution in [0.3, 0.4) is 0 Å². The van der Waals surface area contributed by atoms with Crippen LogP contribution in [-0.2, 0) is 7.05 Å². The molecule has 0 spiro atoms. The minimum atomic E-state index is -0.251. The van der Waals surface area contributed by atoms with Gasteiger partial charge in [0.15, 0.2) is 0 Å². The van der Waals surface area contributed by atoms with Crippen LogP contribution in [0.15, 0.2) is 41.9 Å². The van der Waals surface area contributed by atoms with Crippen molar-refractivity contribution < 1.29 is 4.79 Å². The lowest BCUT2D eigenvalue weighted by Crippen LogP contribution is -2.15. The predicted molar refractivity (Wildman–Crippen MR) is 76.5 cm³/mol. The van der Waals surface area contributed by atoms with Crippen LogP contribution in [0.1, 0.15) is 10.5 Å². The van der Waals surface area contributed by atoms with Crippen molar-refractivity contribution in [2.24, 2.45) is 7.05 Å². The number of nitrogens with one attached hydrogen (secondary N) is 1. The molecule has 2 aromatic heterocycles. The molecule has 0 atom stereocenters. The van der Waals surface area contributed by atoms with Crippen molar-refractivity contribution in [1.29, 1.82) is 0 Å². The van der Waals surface area contributed by atoms with Crippen molar-refractivity contribution in [3.05, 3.63) is 47.6 Å². The van der Waals surface area contributed by atoms with Crippen molar-refractivity contribution >= 4 is 22.4 Å². The third-order valence-corrected chi connectivity index (χ3v) is 3.37. The van der Waals surface area contributed by atoms with Gasteiger partial charge in [0.25, 0.3) is 5.91 Å². The van der Waals surface area contributed by atoms with Gasteiger partial charge in [0.2, 0.25) is 5.13 Å². The van der Waals surface area contributed by atoms with E-state index >= 15 is 0 Å². The summed E-state index contributed by atoms with van der Waals surface area (Å²) in [5.41, 5.74) is 3.77. The number of nitrogens with zero attached hydrogens (tertiary/aromatic N) is 4. The van der Waals surface area contributed by atoms with Crippen LogP contribution >= 0.6 is 11.3 Å². The van der Waals surface area contributed by atoms with Gasteiger partial charge in [-0.2, -0.15) is 5.10 Å². The maximum absolute atomic E-state index is 12.1. The third-order valence-electron chi connectivity index (χ3n) is 2.76. The van der Waals surface area contributed by atoms with E-state index in [9.17, 15) is 4.79 Å². The fourth-order valence-electron chi connectivity index (χ4n) is 1.82. The Kier molecular flexibility index (Phi) is 3.26. The van der Waals surface area contributed by atoms with E-state index in [2.05, 4.69) is 20.6 Å². The summed E-state index contributed by atoms with van der Waals surface area (Å²) in [6, 6.07) is 11.5. The van der Waals surface area contributed by atoms with Gasteiger partial charge in [-0.25, -0.2) is 0 Å². The van der Waals surface area contributed by atoms with E-state index in [1.165, 1.54) is 11.3 Å². The molecule has 1 aromatic carbocycles. The summed E-state index contributed by atoms with van der Waals surface area (Å²) in [6.07, 6.45) is 0. The van der Waals surface area contributed by atoms with E-state index in [1.807, 2.05) is 30.3 Å². The van der Waals surface area contributed by atoms with Gasteiger partial charge in [0.1, 0.15) is 11.2 Å². The SMILES string of the molecule is Cn1nc(-c2ccccc2)cc1C(=O)Nc1nncs1. The highest BCUT2D eigenvalue weighted by molar-refractivity contribution is 7.13. The first-order chi connectivity index (χ1) is 9.74. The molecule has 0 aliphatic heterocycles. The van der Waals surface area contributed by atoms with E-state index in [-0.39, 0.29) is 5.91 Å². The average Bonchev–Trinajstić information content (AvgIpc) is 3.09. The summed E-state index contributed by atoms with van der Waals surface area (Å²) in [5.74, 6) is -0.251. The van der Waals surface area contributed by atoms with Crippen LogP contribution in [0.25, 0.3) is 11.3 Å². The second-order valence-corrected chi connectivity index (χ2v) is 4.94. The quantitative estimate of drug-likeness (QED) is 0.800. The first-order valence-electron chi connectivity index (χ1n) is 5.91. The maximum Gasteiger partial charge on any atom is 0.275 e. The van der Waals surface area contributed by atoms with Gasteiger partial charge in [-0.05, 0) is 6.07 Å². The molecule has 0 saturated heterocycles. The lowest BCUT2D eigenvalue weighted by molar-refractivity contribution is 0.101. The molecule has 0 aliphatic carbocycles. The highest BCUT2D eigenvalue weighted by Gasteiger charge is 2.15. The number of hydrogen-bond donors (Lipinski definition) is 1. The largest absolute Gasteiger partial charge is 0.295 e. The summed E-state index contributed by atoms with van der Waals surface area (Å²) in [4.78, 5) is 12.1. The Labute approximate surface area is 119 Å². The van der Waals surface area contributed by atoms with Gasteiger partial charge in [-0.3, -0.25) is 14.8 Å².